The quantitative estimate of drug-likeness (QED) is 0.851. The molecule has 0 spiro atoms. The Bertz CT molecular complexity index is 428. The molecule has 0 aromatic heterocycles. The van der Waals surface area contributed by atoms with E-state index in [1.54, 1.807) is 13.0 Å². The molecule has 17 heavy (non-hydrogen) atoms. The Balaban J connectivity index is 1.91. The van der Waals surface area contributed by atoms with E-state index >= 15 is 0 Å². The third kappa shape index (κ3) is 1.98. The van der Waals surface area contributed by atoms with Gasteiger partial charge in [-0.05, 0) is 43.4 Å². The maximum Gasteiger partial charge on any atom is 0.126 e. The summed E-state index contributed by atoms with van der Waals surface area (Å²) in [4.78, 5) is 2.47. The molecule has 1 saturated carbocycles. The fourth-order valence-corrected chi connectivity index (χ4v) is 2.89. The molecule has 92 valence electrons. The smallest absolute Gasteiger partial charge is 0.126 e. The van der Waals surface area contributed by atoms with E-state index in [0.29, 0.717) is 11.6 Å². The number of benzene rings is 1. The van der Waals surface area contributed by atoms with E-state index in [0.717, 1.165) is 18.5 Å². The maximum absolute atomic E-state index is 13.6. The molecule has 2 N–H and O–H groups in total. The number of nitrogens with two attached hydrogens (primary N) is 1. The van der Waals surface area contributed by atoms with Gasteiger partial charge in [-0.15, -0.1) is 0 Å². The van der Waals surface area contributed by atoms with Crippen LogP contribution in [0.4, 0.5) is 4.39 Å². The SMILES string of the molecule is Cc1ccc(C2C(N)CCN2C2CC2)cc1F. The van der Waals surface area contributed by atoms with Crippen LogP contribution in [-0.4, -0.2) is 23.5 Å². The highest BCUT2D eigenvalue weighted by Crippen LogP contribution is 2.40. The number of halogens is 1. The summed E-state index contributed by atoms with van der Waals surface area (Å²) in [6.07, 6.45) is 3.58. The van der Waals surface area contributed by atoms with Gasteiger partial charge in [-0.2, -0.15) is 0 Å². The Morgan fingerprint density at radius 2 is 2.06 bits per heavy atom. The van der Waals surface area contributed by atoms with Crippen LogP contribution in [-0.2, 0) is 0 Å². The second-order valence-electron chi connectivity index (χ2n) is 5.37. The molecule has 3 heteroatoms. The summed E-state index contributed by atoms with van der Waals surface area (Å²) in [5.41, 5.74) is 7.94. The topological polar surface area (TPSA) is 29.3 Å². The van der Waals surface area contributed by atoms with Gasteiger partial charge in [0.1, 0.15) is 5.82 Å². The molecule has 2 aliphatic rings. The maximum atomic E-state index is 13.6. The number of aryl methyl sites for hydroxylation is 1. The van der Waals surface area contributed by atoms with Gasteiger partial charge in [-0.3, -0.25) is 4.90 Å². The van der Waals surface area contributed by atoms with E-state index < -0.39 is 0 Å². The molecule has 1 aromatic rings. The minimum absolute atomic E-state index is 0.114. The van der Waals surface area contributed by atoms with Crippen LogP contribution in [0.1, 0.15) is 36.4 Å². The van der Waals surface area contributed by atoms with Gasteiger partial charge in [0.15, 0.2) is 0 Å². The lowest BCUT2D eigenvalue weighted by Crippen LogP contribution is -2.33. The van der Waals surface area contributed by atoms with Crippen LogP contribution in [0.25, 0.3) is 0 Å². The Morgan fingerprint density at radius 3 is 2.71 bits per heavy atom. The molecule has 2 nitrogen and oxygen atoms in total. The number of hydrogen-bond acceptors (Lipinski definition) is 2. The van der Waals surface area contributed by atoms with Crippen molar-refractivity contribution < 1.29 is 4.39 Å². The molecule has 2 fully saturated rings. The average Bonchev–Trinajstić information content (AvgIpc) is 3.07. The normalized spacial score (nSPS) is 29.8. The first-order chi connectivity index (χ1) is 8.16. The van der Waals surface area contributed by atoms with E-state index in [-0.39, 0.29) is 17.9 Å². The van der Waals surface area contributed by atoms with Crippen molar-refractivity contribution in [1.82, 2.24) is 4.90 Å². The number of rotatable bonds is 2. The molecule has 1 aliphatic heterocycles. The van der Waals surface area contributed by atoms with Crippen LogP contribution in [0.5, 0.6) is 0 Å². The van der Waals surface area contributed by atoms with E-state index in [2.05, 4.69) is 4.90 Å². The van der Waals surface area contributed by atoms with Crippen LogP contribution < -0.4 is 5.73 Å². The second-order valence-corrected chi connectivity index (χ2v) is 5.37. The van der Waals surface area contributed by atoms with Crippen LogP contribution in [0.3, 0.4) is 0 Å². The van der Waals surface area contributed by atoms with E-state index in [1.807, 2.05) is 12.1 Å². The Labute approximate surface area is 102 Å². The van der Waals surface area contributed by atoms with Crippen molar-refractivity contribution in [3.05, 3.63) is 35.1 Å². The summed E-state index contributed by atoms with van der Waals surface area (Å²) in [7, 11) is 0. The summed E-state index contributed by atoms with van der Waals surface area (Å²) in [5, 5.41) is 0. The first kappa shape index (κ1) is 11.2. The molecule has 2 atom stereocenters. The fraction of sp³-hybridized carbons (Fsp3) is 0.571. The molecule has 1 saturated heterocycles. The Kier molecular flexibility index (Phi) is 2.68. The lowest BCUT2D eigenvalue weighted by Gasteiger charge is -2.27. The van der Waals surface area contributed by atoms with Gasteiger partial charge in [0, 0.05) is 18.6 Å². The van der Waals surface area contributed by atoms with Crippen molar-refractivity contribution in [2.75, 3.05) is 6.54 Å². The summed E-state index contributed by atoms with van der Waals surface area (Å²) in [6, 6.07) is 6.62. The van der Waals surface area contributed by atoms with Crippen LogP contribution in [0.15, 0.2) is 18.2 Å². The van der Waals surface area contributed by atoms with Crippen LogP contribution in [0, 0.1) is 12.7 Å². The first-order valence-electron chi connectivity index (χ1n) is 6.44. The zero-order valence-electron chi connectivity index (χ0n) is 10.2. The lowest BCUT2D eigenvalue weighted by atomic mass is 9.99. The number of likely N-dealkylation sites (tertiary alicyclic amines) is 1. The van der Waals surface area contributed by atoms with Gasteiger partial charge in [0.2, 0.25) is 0 Å². The van der Waals surface area contributed by atoms with Gasteiger partial charge in [-0.25, -0.2) is 4.39 Å². The zero-order valence-corrected chi connectivity index (χ0v) is 10.2. The number of nitrogens with zero attached hydrogens (tertiary/aromatic N) is 1. The monoisotopic (exact) mass is 234 g/mol. The summed E-state index contributed by atoms with van der Waals surface area (Å²) >= 11 is 0. The molecule has 1 aliphatic carbocycles. The van der Waals surface area contributed by atoms with Gasteiger partial charge < -0.3 is 5.73 Å². The predicted molar refractivity (Wildman–Crippen MR) is 66.2 cm³/mol. The first-order valence-corrected chi connectivity index (χ1v) is 6.44. The van der Waals surface area contributed by atoms with Crippen molar-refractivity contribution in [3.8, 4) is 0 Å². The highest BCUT2D eigenvalue weighted by Gasteiger charge is 2.41. The van der Waals surface area contributed by atoms with Crippen molar-refractivity contribution in [2.24, 2.45) is 5.73 Å². The van der Waals surface area contributed by atoms with Crippen molar-refractivity contribution >= 4 is 0 Å². The highest BCUT2D eigenvalue weighted by atomic mass is 19.1. The summed E-state index contributed by atoms with van der Waals surface area (Å²) in [6.45, 7) is 2.86. The standard InChI is InChI=1S/C14H19FN2/c1-9-2-3-10(8-12(9)15)14-13(16)6-7-17(14)11-4-5-11/h2-3,8,11,13-14H,4-7,16H2,1H3. The number of hydrogen-bond donors (Lipinski definition) is 1. The molecule has 1 heterocycles. The molecule has 3 rings (SSSR count). The molecular weight excluding hydrogens is 215 g/mol. The van der Waals surface area contributed by atoms with E-state index in [9.17, 15) is 4.39 Å². The Hall–Kier alpha value is -0.930. The van der Waals surface area contributed by atoms with Crippen molar-refractivity contribution in [2.45, 2.75) is 44.3 Å². The second kappa shape index (κ2) is 4.07. The fourth-order valence-electron chi connectivity index (χ4n) is 2.89. The van der Waals surface area contributed by atoms with Gasteiger partial charge in [0.25, 0.3) is 0 Å². The Morgan fingerprint density at radius 1 is 1.29 bits per heavy atom. The minimum atomic E-state index is -0.114. The van der Waals surface area contributed by atoms with Gasteiger partial charge >= 0.3 is 0 Å². The lowest BCUT2D eigenvalue weighted by molar-refractivity contribution is 0.237. The van der Waals surface area contributed by atoms with Crippen molar-refractivity contribution in [1.29, 1.82) is 0 Å². The molecular formula is C14H19FN2. The summed E-state index contributed by atoms with van der Waals surface area (Å²) in [5.74, 6) is -0.114. The van der Waals surface area contributed by atoms with Crippen LogP contribution in [0.2, 0.25) is 0 Å². The third-order valence-corrected chi connectivity index (χ3v) is 4.04. The van der Waals surface area contributed by atoms with Gasteiger partial charge in [-0.1, -0.05) is 12.1 Å². The van der Waals surface area contributed by atoms with Gasteiger partial charge in [0.05, 0.1) is 6.04 Å². The van der Waals surface area contributed by atoms with Crippen molar-refractivity contribution in [3.63, 3.8) is 0 Å². The largest absolute Gasteiger partial charge is 0.326 e. The molecule has 0 radical (unpaired) electrons. The molecule has 0 bridgehead atoms. The highest BCUT2D eigenvalue weighted by molar-refractivity contribution is 5.28. The third-order valence-electron chi connectivity index (χ3n) is 4.04. The summed E-state index contributed by atoms with van der Waals surface area (Å²) < 4.78 is 13.6. The van der Waals surface area contributed by atoms with E-state index in [1.165, 1.54) is 12.8 Å². The van der Waals surface area contributed by atoms with Crippen LogP contribution >= 0.6 is 0 Å². The molecule has 2 unspecified atom stereocenters. The molecule has 0 amide bonds. The molecule has 1 aromatic carbocycles. The zero-order chi connectivity index (χ0) is 12.0. The predicted octanol–water partition coefficient (Wildman–Crippen LogP) is 2.37. The average molecular weight is 234 g/mol. The minimum Gasteiger partial charge on any atom is -0.326 e. The van der Waals surface area contributed by atoms with E-state index in [4.69, 9.17) is 5.73 Å².